The van der Waals surface area contributed by atoms with Crippen LogP contribution in [0.1, 0.15) is 12.0 Å². The molecule has 0 amide bonds. The van der Waals surface area contributed by atoms with E-state index in [1.807, 2.05) is 4.90 Å². The molecule has 1 fully saturated rings. The summed E-state index contributed by atoms with van der Waals surface area (Å²) in [6.45, 7) is 1.32. The fraction of sp³-hybridized carbons (Fsp3) is 0.545. The van der Waals surface area contributed by atoms with Gasteiger partial charge < -0.3 is 0 Å². The molecule has 0 bridgehead atoms. The third-order valence-electron chi connectivity index (χ3n) is 2.91. The van der Waals surface area contributed by atoms with Crippen molar-refractivity contribution in [1.82, 2.24) is 9.88 Å². The fourth-order valence-electron chi connectivity index (χ4n) is 1.95. The molecule has 19 heavy (non-hydrogen) atoms. The van der Waals surface area contributed by atoms with Gasteiger partial charge in [-0.25, -0.2) is 0 Å². The Balaban J connectivity index is 1.92. The number of ether oxygens (including phenoxy) is 1. The van der Waals surface area contributed by atoms with Gasteiger partial charge in [-0.1, -0.05) is 0 Å². The van der Waals surface area contributed by atoms with Crippen LogP contribution in [0.4, 0.5) is 13.2 Å². The molecule has 8 heteroatoms. The molecular formula is C11H12BF3N2O2. The number of rotatable bonds is 4. The number of pyridine rings is 1. The van der Waals surface area contributed by atoms with Crippen LogP contribution in [-0.4, -0.2) is 42.7 Å². The number of aromatic nitrogens is 1. The van der Waals surface area contributed by atoms with Crippen LogP contribution in [0, 0.1) is 0 Å². The minimum absolute atomic E-state index is 0.135. The van der Waals surface area contributed by atoms with Crippen LogP contribution in [0.25, 0.3) is 0 Å². The van der Waals surface area contributed by atoms with Gasteiger partial charge >= 0.3 is 108 Å². The van der Waals surface area contributed by atoms with Crippen LogP contribution in [0.5, 0.6) is 5.88 Å². The number of likely N-dealkylation sites (tertiary alicyclic amines) is 1. The van der Waals surface area contributed by atoms with E-state index in [9.17, 15) is 17.9 Å². The van der Waals surface area contributed by atoms with E-state index in [0.717, 1.165) is 32.4 Å². The van der Waals surface area contributed by atoms with Crippen LogP contribution < -0.4 is 4.74 Å². The van der Waals surface area contributed by atoms with E-state index < -0.39 is 11.7 Å². The van der Waals surface area contributed by atoms with Crippen LogP contribution >= 0.6 is 0 Å². The molecule has 2 rings (SSSR count). The molecule has 4 nitrogen and oxygen atoms in total. The zero-order chi connectivity index (χ0) is 13.9. The Morgan fingerprint density at radius 3 is 2.84 bits per heavy atom. The van der Waals surface area contributed by atoms with Gasteiger partial charge in [-0.3, -0.25) is 0 Å². The Kier molecular flexibility index (Phi) is 4.19. The van der Waals surface area contributed by atoms with Crippen molar-refractivity contribution in [1.29, 1.82) is 0 Å². The zero-order valence-corrected chi connectivity index (χ0v) is 10.1. The van der Waals surface area contributed by atoms with E-state index in [4.69, 9.17) is 4.74 Å². The molecule has 2 heterocycles. The molecular weight excluding hydrogens is 260 g/mol. The summed E-state index contributed by atoms with van der Waals surface area (Å²) in [5.41, 5.74) is -0.797. The van der Waals surface area contributed by atoms with Crippen molar-refractivity contribution in [2.45, 2.75) is 18.7 Å². The van der Waals surface area contributed by atoms with Gasteiger partial charge in [-0.2, -0.15) is 0 Å². The van der Waals surface area contributed by atoms with Crippen molar-refractivity contribution in [3.8, 4) is 5.88 Å². The summed E-state index contributed by atoms with van der Waals surface area (Å²) >= 11 is 0. The summed E-state index contributed by atoms with van der Waals surface area (Å²) in [7, 11) is 0.818. The molecule has 0 saturated carbocycles. The van der Waals surface area contributed by atoms with Gasteiger partial charge in [0.25, 0.3) is 0 Å². The van der Waals surface area contributed by atoms with Crippen molar-refractivity contribution in [3.63, 3.8) is 0 Å². The maximum atomic E-state index is 12.3. The summed E-state index contributed by atoms with van der Waals surface area (Å²) in [6, 6.07) is 2.16. The van der Waals surface area contributed by atoms with E-state index in [2.05, 4.69) is 4.98 Å². The van der Waals surface area contributed by atoms with E-state index in [-0.39, 0.29) is 12.0 Å². The molecule has 1 atom stereocenters. The number of alkyl halides is 3. The summed E-state index contributed by atoms with van der Waals surface area (Å²) in [5.74, 6) is 0.172. The summed E-state index contributed by atoms with van der Waals surface area (Å²) < 4.78 is 52.9. The first kappa shape index (κ1) is 14.0. The first-order valence-electron chi connectivity index (χ1n) is 5.85. The Morgan fingerprint density at radius 2 is 2.26 bits per heavy atom. The second kappa shape index (κ2) is 5.69. The molecule has 0 aromatic carbocycles. The molecule has 0 aliphatic carbocycles. The van der Waals surface area contributed by atoms with Gasteiger partial charge in [0, 0.05) is 0 Å². The number of halogens is 3. The molecule has 1 unspecified atom stereocenters. The predicted octanol–water partition coefficient (Wildman–Crippen LogP) is 1.56. The topological polar surface area (TPSA) is 42.4 Å². The Labute approximate surface area is 108 Å². The van der Waals surface area contributed by atoms with E-state index in [1.165, 1.54) is 6.07 Å². The van der Waals surface area contributed by atoms with Gasteiger partial charge in [0.1, 0.15) is 0 Å². The van der Waals surface area contributed by atoms with E-state index in [1.54, 1.807) is 0 Å². The van der Waals surface area contributed by atoms with E-state index >= 15 is 0 Å². The van der Waals surface area contributed by atoms with Gasteiger partial charge in [0.15, 0.2) is 0 Å². The monoisotopic (exact) mass is 272 g/mol. The number of hydrogen-bond donors (Lipinski definition) is 0. The van der Waals surface area contributed by atoms with Crippen LogP contribution in [0.15, 0.2) is 18.3 Å². The van der Waals surface area contributed by atoms with Crippen molar-refractivity contribution < 1.29 is 22.6 Å². The molecule has 0 spiro atoms. The Hall–Kier alpha value is -1.44. The summed E-state index contributed by atoms with van der Waals surface area (Å²) in [5, 5.41) is 0. The van der Waals surface area contributed by atoms with Crippen LogP contribution in [0.2, 0.25) is 0 Å². The molecule has 0 N–H and O–H groups in total. The standard InChI is InChI=1S/C11H12BF3N2O2/c13-11(14,15)8-1-2-10(16-5-8)19-9-3-4-17(6-9)7-12-18/h1-2,5,9H,3-4,6-7H2. The van der Waals surface area contributed by atoms with Crippen molar-refractivity contribution in [3.05, 3.63) is 23.9 Å². The average molecular weight is 272 g/mol. The number of nitrogens with zero attached hydrogens (tertiary/aromatic N) is 2. The molecule has 1 aromatic heterocycles. The van der Waals surface area contributed by atoms with Gasteiger partial charge in [0.05, 0.1) is 0 Å². The second-order valence-corrected chi connectivity index (χ2v) is 4.34. The quantitative estimate of drug-likeness (QED) is 0.780. The number of hydrogen-bond acceptors (Lipinski definition) is 4. The van der Waals surface area contributed by atoms with Crippen LogP contribution in [0.3, 0.4) is 0 Å². The summed E-state index contributed by atoms with van der Waals surface area (Å²) in [4.78, 5) is 5.57. The van der Waals surface area contributed by atoms with Crippen molar-refractivity contribution >= 4 is 7.15 Å². The Morgan fingerprint density at radius 1 is 1.47 bits per heavy atom. The first-order valence-corrected chi connectivity index (χ1v) is 5.85. The molecule has 0 radical (unpaired) electrons. The van der Waals surface area contributed by atoms with E-state index in [0.29, 0.717) is 13.0 Å². The summed E-state index contributed by atoms with van der Waals surface area (Å²) in [6.07, 6.45) is -2.69. The predicted molar refractivity (Wildman–Crippen MR) is 61.2 cm³/mol. The van der Waals surface area contributed by atoms with Crippen LogP contribution in [-0.2, 0) is 10.9 Å². The minimum atomic E-state index is -4.39. The average Bonchev–Trinajstić information content (AvgIpc) is 2.77. The second-order valence-electron chi connectivity index (χ2n) is 4.34. The fourth-order valence-corrected chi connectivity index (χ4v) is 1.95. The molecule has 1 aliphatic rings. The molecule has 1 aromatic rings. The normalized spacial score (nSPS) is 20.3. The third kappa shape index (κ3) is 3.76. The van der Waals surface area contributed by atoms with Gasteiger partial charge in [-0.05, 0) is 0 Å². The molecule has 102 valence electrons. The van der Waals surface area contributed by atoms with Crippen molar-refractivity contribution in [2.24, 2.45) is 0 Å². The third-order valence-corrected chi connectivity index (χ3v) is 2.91. The zero-order valence-electron chi connectivity index (χ0n) is 10.1. The Bertz CT molecular complexity index is 439. The molecule has 1 saturated heterocycles. The SMILES string of the molecule is O=BCN1CCC(Oc2ccc(C(F)(F)F)cn2)C1. The van der Waals surface area contributed by atoms with Gasteiger partial charge in [0.2, 0.25) is 0 Å². The van der Waals surface area contributed by atoms with Gasteiger partial charge in [-0.15, -0.1) is 0 Å². The maximum absolute atomic E-state index is 12.3. The molecule has 1 aliphatic heterocycles. The van der Waals surface area contributed by atoms with Crippen molar-refractivity contribution in [2.75, 3.05) is 19.5 Å². The first-order chi connectivity index (χ1) is 8.99.